The number of amides is 1. The number of aryl methyl sites for hydroxylation is 1. The number of carbonyl (C=O) groups excluding carboxylic acids is 2. The second-order valence-corrected chi connectivity index (χ2v) is 5.25. The van der Waals surface area contributed by atoms with Crippen LogP contribution in [0.5, 0.6) is 0 Å². The molecule has 0 aliphatic heterocycles. The SMILES string of the molecule is Cc1cccc(C(=O)OCC(=O)Nc2ccnn2C(C)C)c1. The van der Waals surface area contributed by atoms with Crippen molar-refractivity contribution in [2.75, 3.05) is 11.9 Å². The van der Waals surface area contributed by atoms with Crippen LogP contribution in [0.25, 0.3) is 0 Å². The van der Waals surface area contributed by atoms with Gasteiger partial charge in [0.05, 0.1) is 11.8 Å². The lowest BCUT2D eigenvalue weighted by atomic mass is 10.1. The number of ether oxygens (including phenoxy) is 1. The number of hydrogen-bond donors (Lipinski definition) is 1. The second kappa shape index (κ2) is 6.89. The molecule has 0 unspecified atom stereocenters. The van der Waals surface area contributed by atoms with Crippen LogP contribution in [-0.2, 0) is 9.53 Å². The summed E-state index contributed by atoms with van der Waals surface area (Å²) in [5.41, 5.74) is 1.39. The van der Waals surface area contributed by atoms with Gasteiger partial charge in [0.25, 0.3) is 5.91 Å². The lowest BCUT2D eigenvalue weighted by Crippen LogP contribution is -2.23. The molecule has 0 radical (unpaired) electrons. The molecular weight excluding hydrogens is 282 g/mol. The van der Waals surface area contributed by atoms with Crippen molar-refractivity contribution in [2.45, 2.75) is 26.8 Å². The molecule has 1 N–H and O–H groups in total. The zero-order chi connectivity index (χ0) is 16.1. The summed E-state index contributed by atoms with van der Waals surface area (Å²) in [5.74, 6) is -0.341. The van der Waals surface area contributed by atoms with E-state index < -0.39 is 11.9 Å². The zero-order valence-electron chi connectivity index (χ0n) is 12.9. The number of nitrogens with zero attached hydrogens (tertiary/aromatic N) is 2. The quantitative estimate of drug-likeness (QED) is 0.861. The molecule has 6 nitrogen and oxygen atoms in total. The number of nitrogens with one attached hydrogen (secondary N) is 1. The Balaban J connectivity index is 1.90. The summed E-state index contributed by atoms with van der Waals surface area (Å²) in [7, 11) is 0. The molecule has 116 valence electrons. The van der Waals surface area contributed by atoms with E-state index in [9.17, 15) is 9.59 Å². The highest BCUT2D eigenvalue weighted by Gasteiger charge is 2.13. The van der Waals surface area contributed by atoms with Crippen LogP contribution in [0.3, 0.4) is 0 Å². The second-order valence-electron chi connectivity index (χ2n) is 5.25. The predicted octanol–water partition coefficient (Wildman–Crippen LogP) is 2.57. The Morgan fingerprint density at radius 1 is 1.32 bits per heavy atom. The van der Waals surface area contributed by atoms with Gasteiger partial charge < -0.3 is 10.1 Å². The molecule has 0 saturated heterocycles. The van der Waals surface area contributed by atoms with E-state index in [1.165, 1.54) is 0 Å². The van der Waals surface area contributed by atoms with Crippen LogP contribution in [0, 0.1) is 6.92 Å². The number of benzene rings is 1. The normalized spacial score (nSPS) is 10.5. The van der Waals surface area contributed by atoms with Gasteiger partial charge in [-0.2, -0.15) is 5.10 Å². The summed E-state index contributed by atoms with van der Waals surface area (Å²) < 4.78 is 6.69. The van der Waals surface area contributed by atoms with Crippen LogP contribution < -0.4 is 5.32 Å². The van der Waals surface area contributed by atoms with E-state index in [1.54, 1.807) is 35.1 Å². The molecule has 0 aliphatic rings. The molecule has 1 aromatic carbocycles. The number of esters is 1. The standard InChI is InChI=1S/C16H19N3O3/c1-11(2)19-14(7-8-17-19)18-15(20)10-22-16(21)13-6-4-5-12(3)9-13/h4-9,11H,10H2,1-3H3,(H,18,20). The number of anilines is 1. The molecule has 2 rings (SSSR count). The Bertz CT molecular complexity index is 677. The van der Waals surface area contributed by atoms with Gasteiger partial charge in [0, 0.05) is 12.1 Å². The van der Waals surface area contributed by atoms with E-state index in [1.807, 2.05) is 26.8 Å². The lowest BCUT2D eigenvalue weighted by molar-refractivity contribution is -0.119. The molecular formula is C16H19N3O3. The summed E-state index contributed by atoms with van der Waals surface area (Å²) in [5, 5.41) is 6.79. The minimum absolute atomic E-state index is 0.125. The zero-order valence-corrected chi connectivity index (χ0v) is 12.9. The Morgan fingerprint density at radius 2 is 2.09 bits per heavy atom. The van der Waals surface area contributed by atoms with Gasteiger partial charge >= 0.3 is 5.97 Å². The van der Waals surface area contributed by atoms with Gasteiger partial charge in [0.15, 0.2) is 6.61 Å². The van der Waals surface area contributed by atoms with E-state index in [0.29, 0.717) is 11.4 Å². The summed E-state index contributed by atoms with van der Waals surface area (Å²) in [4.78, 5) is 23.7. The molecule has 1 aromatic heterocycles. The van der Waals surface area contributed by atoms with Crippen LogP contribution in [0.2, 0.25) is 0 Å². The Kier molecular flexibility index (Phi) is 4.93. The molecule has 0 atom stereocenters. The molecule has 1 heterocycles. The summed E-state index contributed by atoms with van der Waals surface area (Å²) in [6.45, 7) is 5.47. The van der Waals surface area contributed by atoms with E-state index in [-0.39, 0.29) is 12.6 Å². The fraction of sp³-hybridized carbons (Fsp3) is 0.312. The van der Waals surface area contributed by atoms with Crippen molar-refractivity contribution in [2.24, 2.45) is 0 Å². The van der Waals surface area contributed by atoms with Crippen molar-refractivity contribution < 1.29 is 14.3 Å². The third kappa shape index (κ3) is 3.94. The number of aromatic nitrogens is 2. The molecule has 6 heteroatoms. The van der Waals surface area contributed by atoms with Gasteiger partial charge in [-0.1, -0.05) is 17.7 Å². The predicted molar refractivity (Wildman–Crippen MR) is 82.7 cm³/mol. The minimum atomic E-state index is -0.517. The van der Waals surface area contributed by atoms with Crippen LogP contribution in [0.15, 0.2) is 36.5 Å². The minimum Gasteiger partial charge on any atom is -0.452 e. The average molecular weight is 301 g/mol. The Labute approximate surface area is 129 Å². The van der Waals surface area contributed by atoms with Gasteiger partial charge in [0.1, 0.15) is 5.82 Å². The molecule has 22 heavy (non-hydrogen) atoms. The first-order chi connectivity index (χ1) is 10.5. The lowest BCUT2D eigenvalue weighted by Gasteiger charge is -2.12. The van der Waals surface area contributed by atoms with E-state index in [0.717, 1.165) is 5.56 Å². The fourth-order valence-corrected chi connectivity index (χ4v) is 1.99. The summed E-state index contributed by atoms with van der Waals surface area (Å²) >= 11 is 0. The maximum Gasteiger partial charge on any atom is 0.338 e. The first kappa shape index (κ1) is 15.8. The van der Waals surface area contributed by atoms with Crippen molar-refractivity contribution >= 4 is 17.7 Å². The molecule has 0 aliphatic carbocycles. The number of hydrogen-bond acceptors (Lipinski definition) is 4. The molecule has 2 aromatic rings. The van der Waals surface area contributed by atoms with Crippen molar-refractivity contribution in [3.05, 3.63) is 47.7 Å². The van der Waals surface area contributed by atoms with Gasteiger partial charge in [-0.15, -0.1) is 0 Å². The monoisotopic (exact) mass is 301 g/mol. The van der Waals surface area contributed by atoms with Crippen molar-refractivity contribution in [3.63, 3.8) is 0 Å². The highest BCUT2D eigenvalue weighted by Crippen LogP contribution is 2.13. The molecule has 0 bridgehead atoms. The Hall–Kier alpha value is -2.63. The fourth-order valence-electron chi connectivity index (χ4n) is 1.99. The van der Waals surface area contributed by atoms with Crippen LogP contribution in [0.4, 0.5) is 5.82 Å². The first-order valence-corrected chi connectivity index (χ1v) is 7.04. The first-order valence-electron chi connectivity index (χ1n) is 7.04. The van der Waals surface area contributed by atoms with Gasteiger partial charge in [-0.25, -0.2) is 9.48 Å². The van der Waals surface area contributed by atoms with Gasteiger partial charge in [0.2, 0.25) is 0 Å². The third-order valence-electron chi connectivity index (χ3n) is 3.02. The third-order valence-corrected chi connectivity index (χ3v) is 3.02. The van der Waals surface area contributed by atoms with Gasteiger partial charge in [-0.3, -0.25) is 4.79 Å². The van der Waals surface area contributed by atoms with E-state index in [2.05, 4.69) is 10.4 Å². The number of rotatable bonds is 5. The topological polar surface area (TPSA) is 73.2 Å². The highest BCUT2D eigenvalue weighted by atomic mass is 16.5. The van der Waals surface area contributed by atoms with E-state index in [4.69, 9.17) is 4.74 Å². The van der Waals surface area contributed by atoms with Crippen molar-refractivity contribution in [3.8, 4) is 0 Å². The van der Waals surface area contributed by atoms with Crippen molar-refractivity contribution in [1.82, 2.24) is 9.78 Å². The van der Waals surface area contributed by atoms with Gasteiger partial charge in [-0.05, 0) is 32.9 Å². The molecule has 0 fully saturated rings. The van der Waals surface area contributed by atoms with Crippen molar-refractivity contribution in [1.29, 1.82) is 0 Å². The largest absolute Gasteiger partial charge is 0.452 e. The number of carbonyl (C=O) groups is 2. The average Bonchev–Trinajstić information content (AvgIpc) is 2.93. The Morgan fingerprint density at radius 3 is 2.77 bits per heavy atom. The van der Waals surface area contributed by atoms with Crippen LogP contribution >= 0.6 is 0 Å². The maximum absolute atomic E-state index is 11.9. The van der Waals surface area contributed by atoms with Crippen LogP contribution in [0.1, 0.15) is 35.8 Å². The smallest absolute Gasteiger partial charge is 0.338 e. The molecule has 1 amide bonds. The van der Waals surface area contributed by atoms with E-state index >= 15 is 0 Å². The van der Waals surface area contributed by atoms with Crippen LogP contribution in [-0.4, -0.2) is 28.3 Å². The summed E-state index contributed by atoms with van der Waals surface area (Å²) in [6, 6.07) is 8.85. The highest BCUT2D eigenvalue weighted by molar-refractivity contribution is 5.95. The maximum atomic E-state index is 11.9. The molecule has 0 spiro atoms. The molecule has 0 saturated carbocycles. The summed E-state index contributed by atoms with van der Waals surface area (Å²) in [6.07, 6.45) is 1.61.